The summed E-state index contributed by atoms with van der Waals surface area (Å²) in [5.74, 6) is -0.235. The molecule has 0 spiro atoms. The van der Waals surface area contributed by atoms with Gasteiger partial charge in [0.25, 0.3) is 5.91 Å². The van der Waals surface area contributed by atoms with Gasteiger partial charge in [0, 0.05) is 24.8 Å². The molecule has 5 nitrogen and oxygen atoms in total. The molecule has 1 heterocycles. The highest BCUT2D eigenvalue weighted by Gasteiger charge is 2.33. The number of hydrogen-bond acceptors (Lipinski definition) is 3. The van der Waals surface area contributed by atoms with E-state index in [0.717, 1.165) is 43.4 Å². The number of nitrogens with zero attached hydrogens (tertiary/aromatic N) is 3. The van der Waals surface area contributed by atoms with Crippen LogP contribution >= 0.6 is 0 Å². The van der Waals surface area contributed by atoms with Crippen LogP contribution in [0, 0.1) is 11.7 Å². The number of carbonyl (C=O) groups excluding carboxylic acids is 1. The van der Waals surface area contributed by atoms with E-state index in [2.05, 4.69) is 5.10 Å². The number of halogens is 1. The van der Waals surface area contributed by atoms with Gasteiger partial charge in [0.05, 0.1) is 6.10 Å². The Bertz CT molecular complexity index is 813. The van der Waals surface area contributed by atoms with E-state index >= 15 is 0 Å². The van der Waals surface area contributed by atoms with E-state index in [1.165, 1.54) is 11.0 Å². The van der Waals surface area contributed by atoms with Gasteiger partial charge in [0.1, 0.15) is 11.5 Å². The number of aromatic nitrogens is 2. The van der Waals surface area contributed by atoms with Crippen LogP contribution in [0.1, 0.15) is 41.0 Å². The topological polar surface area (TPSA) is 58.4 Å². The van der Waals surface area contributed by atoms with Gasteiger partial charge >= 0.3 is 0 Å². The molecular formula is C19H22FN3O2. The van der Waals surface area contributed by atoms with Crippen molar-refractivity contribution in [2.24, 2.45) is 5.92 Å². The molecule has 1 amide bonds. The normalized spacial score (nSPS) is 17.4. The Morgan fingerprint density at radius 3 is 2.88 bits per heavy atom. The van der Waals surface area contributed by atoms with Crippen molar-refractivity contribution >= 4 is 5.91 Å². The molecule has 25 heavy (non-hydrogen) atoms. The highest BCUT2D eigenvalue weighted by Crippen LogP contribution is 2.33. The van der Waals surface area contributed by atoms with E-state index in [-0.39, 0.29) is 11.7 Å². The Hall–Kier alpha value is -2.21. The molecule has 1 N–H and O–H groups in total. The lowest BCUT2D eigenvalue weighted by Gasteiger charge is -2.20. The summed E-state index contributed by atoms with van der Waals surface area (Å²) in [4.78, 5) is 14.4. The molecule has 6 heteroatoms. The molecule has 1 aromatic heterocycles. The summed E-state index contributed by atoms with van der Waals surface area (Å²) >= 11 is 0. The van der Waals surface area contributed by atoms with E-state index in [0.29, 0.717) is 23.8 Å². The number of para-hydroxylation sites is 1. The third-order valence-corrected chi connectivity index (χ3v) is 5.19. The van der Waals surface area contributed by atoms with Crippen molar-refractivity contribution in [3.63, 3.8) is 0 Å². The second-order valence-corrected chi connectivity index (χ2v) is 7.08. The average molecular weight is 343 g/mol. The zero-order valence-corrected chi connectivity index (χ0v) is 14.3. The minimum Gasteiger partial charge on any atom is -0.391 e. The molecule has 1 fully saturated rings. The number of fused-ring (bicyclic) bond motifs is 1. The van der Waals surface area contributed by atoms with E-state index in [1.54, 1.807) is 29.9 Å². The highest BCUT2D eigenvalue weighted by molar-refractivity contribution is 5.94. The zero-order chi connectivity index (χ0) is 17.6. The van der Waals surface area contributed by atoms with Crippen LogP contribution in [0.4, 0.5) is 4.39 Å². The lowest BCUT2D eigenvalue weighted by molar-refractivity contribution is 0.0639. The molecule has 132 valence electrons. The first-order valence-electron chi connectivity index (χ1n) is 8.85. The summed E-state index contributed by atoms with van der Waals surface area (Å²) in [6.45, 7) is 0.310. The van der Waals surface area contributed by atoms with Gasteiger partial charge in [-0.15, -0.1) is 0 Å². The number of likely N-dealkylation sites (N-methyl/N-ethyl adjacent to an activating group) is 1. The van der Waals surface area contributed by atoms with E-state index in [9.17, 15) is 14.3 Å². The molecule has 0 unspecified atom stereocenters. The Labute approximate surface area is 146 Å². The fraction of sp³-hybridized carbons (Fsp3) is 0.474. The predicted octanol–water partition coefficient (Wildman–Crippen LogP) is 2.34. The Kier molecular flexibility index (Phi) is 4.07. The molecular weight excluding hydrogens is 321 g/mol. The van der Waals surface area contributed by atoms with Crippen LogP contribution in [-0.4, -0.2) is 45.4 Å². The number of carbonyl (C=O) groups is 1. The second-order valence-electron chi connectivity index (χ2n) is 7.08. The van der Waals surface area contributed by atoms with Crippen molar-refractivity contribution in [3.05, 3.63) is 47.0 Å². The van der Waals surface area contributed by atoms with Crippen LogP contribution in [-0.2, 0) is 12.8 Å². The van der Waals surface area contributed by atoms with Crippen LogP contribution in [0.25, 0.3) is 5.69 Å². The first-order valence-corrected chi connectivity index (χ1v) is 8.85. The molecule has 1 aromatic carbocycles. The largest absolute Gasteiger partial charge is 0.391 e. The molecule has 1 saturated carbocycles. The van der Waals surface area contributed by atoms with Gasteiger partial charge in [-0.2, -0.15) is 5.10 Å². The lowest BCUT2D eigenvalue weighted by atomic mass is 10.1. The van der Waals surface area contributed by atoms with Gasteiger partial charge in [0.2, 0.25) is 0 Å². The standard InChI is InChI=1S/C19H22FN3O2/c1-22(11-17(24)12-9-10-12)19(25)18-13-5-4-8-15(13)23(21-18)16-7-3-2-6-14(16)20/h2-3,6-7,12,17,24H,4-5,8-11H2,1H3/t17-/m0/s1. The highest BCUT2D eigenvalue weighted by atomic mass is 19.1. The van der Waals surface area contributed by atoms with Gasteiger partial charge < -0.3 is 10.0 Å². The molecule has 0 aliphatic heterocycles. The molecule has 0 saturated heterocycles. The van der Waals surface area contributed by atoms with E-state index in [4.69, 9.17) is 0 Å². The quantitative estimate of drug-likeness (QED) is 0.907. The van der Waals surface area contributed by atoms with E-state index < -0.39 is 6.10 Å². The first kappa shape index (κ1) is 16.3. The maximum Gasteiger partial charge on any atom is 0.274 e. The summed E-state index contributed by atoms with van der Waals surface area (Å²) < 4.78 is 15.8. The predicted molar refractivity (Wildman–Crippen MR) is 91.2 cm³/mol. The van der Waals surface area contributed by atoms with Gasteiger partial charge in [0.15, 0.2) is 5.69 Å². The molecule has 1 atom stereocenters. The Morgan fingerprint density at radius 1 is 1.40 bits per heavy atom. The molecule has 2 aliphatic carbocycles. The smallest absolute Gasteiger partial charge is 0.274 e. The van der Waals surface area contributed by atoms with Crippen molar-refractivity contribution in [3.8, 4) is 5.69 Å². The molecule has 2 aliphatic rings. The minimum absolute atomic E-state index is 0.201. The summed E-state index contributed by atoms with van der Waals surface area (Å²) in [6.07, 6.45) is 4.09. The van der Waals surface area contributed by atoms with Crippen molar-refractivity contribution < 1.29 is 14.3 Å². The maximum absolute atomic E-state index is 14.2. The van der Waals surface area contributed by atoms with Gasteiger partial charge in [-0.3, -0.25) is 4.79 Å². The minimum atomic E-state index is -0.476. The van der Waals surface area contributed by atoms with Gasteiger partial charge in [-0.05, 0) is 50.2 Å². The summed E-state index contributed by atoms with van der Waals surface area (Å²) in [6, 6.07) is 6.48. The maximum atomic E-state index is 14.2. The van der Waals surface area contributed by atoms with Gasteiger partial charge in [-0.1, -0.05) is 12.1 Å². The fourth-order valence-corrected chi connectivity index (χ4v) is 3.61. The van der Waals surface area contributed by atoms with Crippen molar-refractivity contribution in [2.45, 2.75) is 38.2 Å². The summed E-state index contributed by atoms with van der Waals surface area (Å²) in [5.41, 5.74) is 2.60. The SMILES string of the molecule is CN(C[C@H](O)C1CC1)C(=O)c1nn(-c2ccccc2F)c2c1CCC2. The average Bonchev–Trinajstić information content (AvgIpc) is 3.24. The third kappa shape index (κ3) is 2.95. The number of rotatable bonds is 5. The van der Waals surface area contributed by atoms with Crippen LogP contribution in [0.3, 0.4) is 0 Å². The molecule has 2 aromatic rings. The second kappa shape index (κ2) is 6.26. The zero-order valence-electron chi connectivity index (χ0n) is 14.3. The summed E-state index contributed by atoms with van der Waals surface area (Å²) in [5, 5.41) is 14.6. The summed E-state index contributed by atoms with van der Waals surface area (Å²) in [7, 11) is 1.69. The van der Waals surface area contributed by atoms with Crippen LogP contribution in [0.2, 0.25) is 0 Å². The molecule has 0 bridgehead atoms. The number of aliphatic hydroxyl groups is 1. The van der Waals surface area contributed by atoms with Crippen molar-refractivity contribution in [2.75, 3.05) is 13.6 Å². The molecule has 0 radical (unpaired) electrons. The number of hydrogen-bond donors (Lipinski definition) is 1. The number of benzene rings is 1. The number of aliphatic hydroxyl groups excluding tert-OH is 1. The van der Waals surface area contributed by atoms with Gasteiger partial charge in [-0.25, -0.2) is 9.07 Å². The van der Waals surface area contributed by atoms with Crippen LogP contribution in [0.5, 0.6) is 0 Å². The Balaban J connectivity index is 1.65. The van der Waals surface area contributed by atoms with Crippen molar-refractivity contribution in [1.82, 2.24) is 14.7 Å². The van der Waals surface area contributed by atoms with Crippen LogP contribution in [0.15, 0.2) is 24.3 Å². The number of amides is 1. The monoisotopic (exact) mass is 343 g/mol. The van der Waals surface area contributed by atoms with E-state index in [1.807, 2.05) is 0 Å². The van der Waals surface area contributed by atoms with Crippen molar-refractivity contribution in [1.29, 1.82) is 0 Å². The third-order valence-electron chi connectivity index (χ3n) is 5.19. The molecule has 4 rings (SSSR count). The first-order chi connectivity index (χ1) is 12.1. The lowest BCUT2D eigenvalue weighted by Crippen LogP contribution is -2.35. The van der Waals surface area contributed by atoms with Crippen LogP contribution < -0.4 is 0 Å². The fourth-order valence-electron chi connectivity index (χ4n) is 3.61. The Morgan fingerprint density at radius 2 is 2.16 bits per heavy atom.